The van der Waals surface area contributed by atoms with Crippen molar-refractivity contribution in [1.82, 2.24) is 9.97 Å². The second-order valence-corrected chi connectivity index (χ2v) is 3.81. The van der Waals surface area contributed by atoms with E-state index in [2.05, 4.69) is 25.9 Å². The van der Waals surface area contributed by atoms with Crippen LogP contribution in [-0.2, 0) is 0 Å². The SMILES string of the molecule is Nc1cnc(Oc2ccc(Br)c(F)c2)cn1. The van der Waals surface area contributed by atoms with Crippen molar-refractivity contribution in [1.29, 1.82) is 0 Å². The van der Waals surface area contributed by atoms with Crippen LogP contribution in [0.25, 0.3) is 0 Å². The van der Waals surface area contributed by atoms with E-state index in [1.54, 1.807) is 12.1 Å². The average Bonchev–Trinajstić information content (AvgIpc) is 2.27. The molecule has 0 fully saturated rings. The number of anilines is 1. The van der Waals surface area contributed by atoms with Crippen molar-refractivity contribution in [2.24, 2.45) is 0 Å². The summed E-state index contributed by atoms with van der Waals surface area (Å²) in [5.74, 6) is 0.505. The first-order valence-corrected chi connectivity index (χ1v) is 5.15. The van der Waals surface area contributed by atoms with Gasteiger partial charge in [-0.05, 0) is 28.1 Å². The van der Waals surface area contributed by atoms with E-state index in [1.165, 1.54) is 18.5 Å². The molecule has 4 nitrogen and oxygen atoms in total. The summed E-state index contributed by atoms with van der Waals surface area (Å²) in [6, 6.07) is 4.42. The number of hydrogen-bond acceptors (Lipinski definition) is 4. The zero-order valence-electron chi connectivity index (χ0n) is 8.02. The molecule has 16 heavy (non-hydrogen) atoms. The lowest BCUT2D eigenvalue weighted by Gasteiger charge is -2.04. The quantitative estimate of drug-likeness (QED) is 0.921. The second kappa shape index (κ2) is 4.44. The smallest absolute Gasteiger partial charge is 0.237 e. The van der Waals surface area contributed by atoms with Gasteiger partial charge in [0.15, 0.2) is 0 Å². The zero-order chi connectivity index (χ0) is 11.5. The maximum absolute atomic E-state index is 13.2. The van der Waals surface area contributed by atoms with Crippen molar-refractivity contribution < 1.29 is 9.13 Å². The number of hydrogen-bond donors (Lipinski definition) is 1. The van der Waals surface area contributed by atoms with E-state index in [4.69, 9.17) is 10.5 Å². The molecular weight excluding hydrogens is 277 g/mol. The maximum Gasteiger partial charge on any atom is 0.237 e. The van der Waals surface area contributed by atoms with Crippen LogP contribution in [0.15, 0.2) is 35.1 Å². The Labute approximate surface area is 99.4 Å². The number of nitrogens with two attached hydrogens (primary N) is 1. The molecule has 0 spiro atoms. The molecule has 0 aliphatic heterocycles. The summed E-state index contributed by atoms with van der Waals surface area (Å²) in [6.45, 7) is 0. The lowest BCUT2D eigenvalue weighted by molar-refractivity contribution is 0.455. The van der Waals surface area contributed by atoms with Gasteiger partial charge in [0.25, 0.3) is 0 Å². The van der Waals surface area contributed by atoms with E-state index in [-0.39, 0.29) is 5.88 Å². The van der Waals surface area contributed by atoms with Gasteiger partial charge in [0.05, 0.1) is 16.9 Å². The molecule has 1 aromatic heterocycles. The molecule has 1 heterocycles. The van der Waals surface area contributed by atoms with E-state index in [0.29, 0.717) is 16.0 Å². The van der Waals surface area contributed by atoms with Crippen molar-refractivity contribution >= 4 is 21.7 Å². The Morgan fingerprint density at radius 1 is 1.25 bits per heavy atom. The van der Waals surface area contributed by atoms with Crippen molar-refractivity contribution in [2.75, 3.05) is 5.73 Å². The van der Waals surface area contributed by atoms with Gasteiger partial charge < -0.3 is 10.5 Å². The first-order chi connectivity index (χ1) is 7.65. The Morgan fingerprint density at radius 2 is 2.06 bits per heavy atom. The molecule has 0 bridgehead atoms. The molecule has 0 atom stereocenters. The van der Waals surface area contributed by atoms with E-state index in [0.717, 1.165) is 0 Å². The van der Waals surface area contributed by atoms with Gasteiger partial charge in [-0.25, -0.2) is 14.4 Å². The Bertz CT molecular complexity index is 504. The molecule has 0 saturated carbocycles. The fraction of sp³-hybridized carbons (Fsp3) is 0. The number of nitrogen functional groups attached to an aromatic ring is 1. The molecule has 2 N–H and O–H groups in total. The standard InChI is InChI=1S/C10H7BrFN3O/c11-7-2-1-6(3-8(7)12)16-10-5-14-9(13)4-15-10/h1-5H,(H2,13,14). The van der Waals surface area contributed by atoms with Crippen molar-refractivity contribution in [3.63, 3.8) is 0 Å². The molecule has 0 radical (unpaired) electrons. The molecule has 0 amide bonds. The van der Waals surface area contributed by atoms with E-state index < -0.39 is 5.82 Å². The first-order valence-electron chi connectivity index (χ1n) is 4.35. The van der Waals surface area contributed by atoms with Crippen molar-refractivity contribution in [3.05, 3.63) is 40.9 Å². The fourth-order valence-corrected chi connectivity index (χ4v) is 1.29. The minimum atomic E-state index is -0.402. The van der Waals surface area contributed by atoms with Crippen LogP contribution < -0.4 is 10.5 Å². The van der Waals surface area contributed by atoms with Gasteiger partial charge in [-0.15, -0.1) is 0 Å². The van der Waals surface area contributed by atoms with Gasteiger partial charge >= 0.3 is 0 Å². The Balaban J connectivity index is 2.20. The van der Waals surface area contributed by atoms with Crippen molar-refractivity contribution in [3.8, 4) is 11.6 Å². The molecule has 0 saturated heterocycles. The molecule has 0 unspecified atom stereocenters. The van der Waals surface area contributed by atoms with E-state index in [9.17, 15) is 4.39 Å². The summed E-state index contributed by atoms with van der Waals surface area (Å²) in [5, 5.41) is 0. The third-order valence-electron chi connectivity index (χ3n) is 1.76. The normalized spacial score (nSPS) is 10.1. The molecule has 82 valence electrons. The second-order valence-electron chi connectivity index (χ2n) is 2.96. The largest absolute Gasteiger partial charge is 0.437 e. The molecule has 0 aliphatic carbocycles. The topological polar surface area (TPSA) is 61.0 Å². The summed E-state index contributed by atoms with van der Waals surface area (Å²) in [7, 11) is 0. The van der Waals surface area contributed by atoms with Gasteiger partial charge in [0.2, 0.25) is 5.88 Å². The lowest BCUT2D eigenvalue weighted by atomic mass is 10.3. The van der Waals surface area contributed by atoms with Gasteiger partial charge in [-0.2, -0.15) is 0 Å². The third-order valence-corrected chi connectivity index (χ3v) is 2.40. The van der Waals surface area contributed by atoms with Crippen molar-refractivity contribution in [2.45, 2.75) is 0 Å². The number of aromatic nitrogens is 2. The van der Waals surface area contributed by atoms with Crippen LogP contribution in [0.4, 0.5) is 10.2 Å². The highest BCUT2D eigenvalue weighted by molar-refractivity contribution is 9.10. The van der Waals surface area contributed by atoms with Crippen LogP contribution in [-0.4, -0.2) is 9.97 Å². The predicted molar refractivity (Wildman–Crippen MR) is 60.6 cm³/mol. The lowest BCUT2D eigenvalue weighted by Crippen LogP contribution is -1.94. The van der Waals surface area contributed by atoms with Crippen LogP contribution in [0, 0.1) is 5.82 Å². The number of rotatable bonds is 2. The minimum Gasteiger partial charge on any atom is -0.437 e. The van der Waals surface area contributed by atoms with Crippen LogP contribution >= 0.6 is 15.9 Å². The number of nitrogens with zero attached hydrogens (tertiary/aromatic N) is 2. The number of ether oxygens (including phenoxy) is 1. The van der Waals surface area contributed by atoms with E-state index in [1.807, 2.05) is 0 Å². The zero-order valence-corrected chi connectivity index (χ0v) is 9.61. The maximum atomic E-state index is 13.2. The van der Waals surface area contributed by atoms with Gasteiger partial charge in [0, 0.05) is 6.07 Å². The molecule has 6 heteroatoms. The molecule has 1 aromatic carbocycles. The highest BCUT2D eigenvalue weighted by Gasteiger charge is 2.03. The molecule has 2 aromatic rings. The molecule has 2 rings (SSSR count). The molecular formula is C10H7BrFN3O. The average molecular weight is 284 g/mol. The van der Waals surface area contributed by atoms with Gasteiger partial charge in [0.1, 0.15) is 17.4 Å². The Morgan fingerprint density at radius 3 is 2.69 bits per heavy atom. The Hall–Kier alpha value is -1.69. The highest BCUT2D eigenvalue weighted by atomic mass is 79.9. The van der Waals surface area contributed by atoms with E-state index >= 15 is 0 Å². The van der Waals surface area contributed by atoms with Crippen LogP contribution in [0.1, 0.15) is 0 Å². The number of benzene rings is 1. The monoisotopic (exact) mass is 283 g/mol. The summed E-state index contributed by atoms with van der Waals surface area (Å²) < 4.78 is 18.8. The van der Waals surface area contributed by atoms with Gasteiger partial charge in [-0.1, -0.05) is 0 Å². The molecule has 0 aliphatic rings. The van der Waals surface area contributed by atoms with Crippen LogP contribution in [0.3, 0.4) is 0 Å². The fourth-order valence-electron chi connectivity index (χ4n) is 1.04. The predicted octanol–water partition coefficient (Wildman–Crippen LogP) is 2.75. The summed E-state index contributed by atoms with van der Waals surface area (Å²) in [6.07, 6.45) is 2.74. The highest BCUT2D eigenvalue weighted by Crippen LogP contribution is 2.24. The summed E-state index contributed by atoms with van der Waals surface area (Å²) >= 11 is 3.05. The van der Waals surface area contributed by atoms with Gasteiger partial charge in [-0.3, -0.25) is 0 Å². The number of halogens is 2. The first kappa shape index (κ1) is 10.8. The Kier molecular flexibility index (Phi) is 3.00. The van der Waals surface area contributed by atoms with Crippen LogP contribution in [0.5, 0.6) is 11.6 Å². The summed E-state index contributed by atoms with van der Waals surface area (Å²) in [5.41, 5.74) is 5.37. The summed E-state index contributed by atoms with van der Waals surface area (Å²) in [4.78, 5) is 7.68. The van der Waals surface area contributed by atoms with Crippen LogP contribution in [0.2, 0.25) is 0 Å². The third kappa shape index (κ3) is 2.46. The minimum absolute atomic E-state index is 0.260.